The Balaban J connectivity index is 1.77. The molecule has 1 aliphatic carbocycles. The van der Waals surface area contributed by atoms with Crippen molar-refractivity contribution in [3.8, 4) is 11.4 Å². The minimum Gasteiger partial charge on any atom is -0.325 e. The van der Waals surface area contributed by atoms with Gasteiger partial charge in [0.15, 0.2) is 0 Å². The fraction of sp³-hybridized carbons (Fsp3) is 0.250. The molecule has 0 radical (unpaired) electrons. The fourth-order valence-electron chi connectivity index (χ4n) is 3.01. The van der Waals surface area contributed by atoms with E-state index in [9.17, 15) is 0 Å². The summed E-state index contributed by atoms with van der Waals surface area (Å²) in [6.45, 7) is 0.447. The molecule has 0 spiro atoms. The lowest BCUT2D eigenvalue weighted by Gasteiger charge is -2.17. The quantitative estimate of drug-likeness (QED) is 0.763. The van der Waals surface area contributed by atoms with Crippen molar-refractivity contribution >= 4 is 11.8 Å². The Bertz CT molecular complexity index is 854. The summed E-state index contributed by atoms with van der Waals surface area (Å²) in [6.07, 6.45) is 5.45. The summed E-state index contributed by atoms with van der Waals surface area (Å²) in [5, 5.41) is 7.66. The zero-order chi connectivity index (χ0) is 15.8. The van der Waals surface area contributed by atoms with Crippen LogP contribution in [0.2, 0.25) is 0 Å². The predicted octanol–water partition coefficient (Wildman–Crippen LogP) is 1.57. The van der Waals surface area contributed by atoms with Crippen LogP contribution in [0.25, 0.3) is 11.4 Å². The second-order valence-electron chi connectivity index (χ2n) is 5.51. The predicted molar refractivity (Wildman–Crippen MR) is 87.1 cm³/mol. The Morgan fingerprint density at radius 1 is 1.26 bits per heavy atom. The molecule has 0 atom stereocenters. The molecule has 0 saturated heterocycles. The molecule has 4 rings (SSSR count). The van der Waals surface area contributed by atoms with Crippen LogP contribution in [-0.4, -0.2) is 24.7 Å². The van der Waals surface area contributed by atoms with Gasteiger partial charge >= 0.3 is 0 Å². The number of aromatic nitrogens is 5. The summed E-state index contributed by atoms with van der Waals surface area (Å²) in [5.74, 6) is 1.25. The first-order chi connectivity index (χ1) is 11.3. The van der Waals surface area contributed by atoms with Gasteiger partial charge in [-0.05, 0) is 30.5 Å². The van der Waals surface area contributed by atoms with E-state index in [1.165, 1.54) is 5.56 Å². The summed E-state index contributed by atoms with van der Waals surface area (Å²) in [7, 11) is 1.93. The second-order valence-corrected chi connectivity index (χ2v) is 5.51. The molecule has 3 N–H and O–H groups in total. The lowest BCUT2D eigenvalue weighted by Crippen LogP contribution is -2.11. The summed E-state index contributed by atoms with van der Waals surface area (Å²) in [6, 6.07) is 5.67. The van der Waals surface area contributed by atoms with Crippen LogP contribution in [-0.2, 0) is 26.4 Å². The van der Waals surface area contributed by atoms with Crippen LogP contribution < -0.4 is 11.1 Å². The number of hydrogen-bond donors (Lipinski definition) is 2. The van der Waals surface area contributed by atoms with Gasteiger partial charge in [-0.2, -0.15) is 5.10 Å². The molecule has 3 heterocycles. The summed E-state index contributed by atoms with van der Waals surface area (Å²) >= 11 is 0. The van der Waals surface area contributed by atoms with Gasteiger partial charge in [-0.25, -0.2) is 15.0 Å². The molecule has 0 saturated carbocycles. The standard InChI is InChI=1S/C16H17N7/c1-23-15-11(12(8-17)22-23)6-5-10-9-19-16(21-14(10)15)20-13-4-2-3-7-18-13/h2-4,7,9H,5-6,8,17H2,1H3,(H,18,19,20,21). The van der Waals surface area contributed by atoms with Crippen molar-refractivity contribution in [2.45, 2.75) is 19.4 Å². The highest BCUT2D eigenvalue weighted by molar-refractivity contribution is 5.68. The van der Waals surface area contributed by atoms with E-state index in [-0.39, 0.29) is 0 Å². The molecule has 0 amide bonds. The van der Waals surface area contributed by atoms with E-state index in [0.29, 0.717) is 12.5 Å². The topological polar surface area (TPSA) is 94.5 Å². The zero-order valence-corrected chi connectivity index (χ0v) is 12.8. The molecule has 0 aromatic carbocycles. The highest BCUT2D eigenvalue weighted by Crippen LogP contribution is 2.33. The summed E-state index contributed by atoms with van der Waals surface area (Å²) < 4.78 is 1.87. The number of pyridine rings is 1. The van der Waals surface area contributed by atoms with E-state index in [2.05, 4.69) is 20.4 Å². The third-order valence-electron chi connectivity index (χ3n) is 4.06. The molecule has 0 unspecified atom stereocenters. The van der Waals surface area contributed by atoms with Gasteiger partial charge < -0.3 is 11.1 Å². The molecule has 3 aromatic rings. The first kappa shape index (κ1) is 13.8. The fourth-order valence-corrected chi connectivity index (χ4v) is 3.01. The molecule has 23 heavy (non-hydrogen) atoms. The van der Waals surface area contributed by atoms with Crippen LogP contribution in [0.15, 0.2) is 30.6 Å². The number of nitrogens with zero attached hydrogens (tertiary/aromatic N) is 5. The Labute approximate surface area is 133 Å². The van der Waals surface area contributed by atoms with E-state index >= 15 is 0 Å². The second kappa shape index (κ2) is 5.44. The van der Waals surface area contributed by atoms with Crippen LogP contribution in [0, 0.1) is 0 Å². The van der Waals surface area contributed by atoms with E-state index in [0.717, 1.165) is 41.3 Å². The minimum absolute atomic E-state index is 0.447. The lowest BCUT2D eigenvalue weighted by molar-refractivity contribution is 0.746. The van der Waals surface area contributed by atoms with Gasteiger partial charge in [-0.15, -0.1) is 0 Å². The Hall–Kier alpha value is -2.80. The third kappa shape index (κ3) is 2.35. The molecule has 7 heteroatoms. The number of aryl methyl sites for hydroxylation is 2. The molecule has 0 fully saturated rings. The van der Waals surface area contributed by atoms with Crippen LogP contribution in [0.3, 0.4) is 0 Å². The van der Waals surface area contributed by atoms with Crippen molar-refractivity contribution in [3.63, 3.8) is 0 Å². The molecule has 0 bridgehead atoms. The number of anilines is 2. The normalized spacial score (nSPS) is 12.6. The Kier molecular flexibility index (Phi) is 3.27. The van der Waals surface area contributed by atoms with Gasteiger partial charge in [-0.1, -0.05) is 6.07 Å². The largest absolute Gasteiger partial charge is 0.325 e. The first-order valence-electron chi connectivity index (χ1n) is 7.55. The van der Waals surface area contributed by atoms with E-state index in [1.807, 2.05) is 36.1 Å². The maximum atomic E-state index is 5.81. The van der Waals surface area contributed by atoms with Gasteiger partial charge in [0.25, 0.3) is 0 Å². The monoisotopic (exact) mass is 307 g/mol. The highest BCUT2D eigenvalue weighted by atomic mass is 15.3. The van der Waals surface area contributed by atoms with Gasteiger partial charge in [0.2, 0.25) is 5.95 Å². The lowest BCUT2D eigenvalue weighted by atomic mass is 9.93. The smallest absolute Gasteiger partial charge is 0.228 e. The first-order valence-corrected chi connectivity index (χ1v) is 7.55. The van der Waals surface area contributed by atoms with Crippen molar-refractivity contribution < 1.29 is 0 Å². The average Bonchev–Trinajstić information content (AvgIpc) is 2.92. The molecule has 3 aromatic heterocycles. The van der Waals surface area contributed by atoms with Crippen molar-refractivity contribution in [2.75, 3.05) is 5.32 Å². The van der Waals surface area contributed by atoms with Crippen LogP contribution in [0.5, 0.6) is 0 Å². The van der Waals surface area contributed by atoms with Crippen molar-refractivity contribution in [1.82, 2.24) is 24.7 Å². The molecule has 1 aliphatic rings. The Morgan fingerprint density at radius 3 is 2.96 bits per heavy atom. The van der Waals surface area contributed by atoms with Crippen LogP contribution >= 0.6 is 0 Å². The maximum absolute atomic E-state index is 5.81. The SMILES string of the molecule is Cn1nc(CN)c2c1-c1nc(Nc3ccccn3)ncc1CC2. The van der Waals surface area contributed by atoms with Crippen molar-refractivity contribution in [3.05, 3.63) is 47.4 Å². The molecule has 116 valence electrons. The molecular formula is C16H17N7. The van der Waals surface area contributed by atoms with E-state index < -0.39 is 0 Å². The third-order valence-corrected chi connectivity index (χ3v) is 4.06. The highest BCUT2D eigenvalue weighted by Gasteiger charge is 2.25. The summed E-state index contributed by atoms with van der Waals surface area (Å²) in [5.41, 5.74) is 11.1. The number of fused-ring (bicyclic) bond motifs is 3. The maximum Gasteiger partial charge on any atom is 0.228 e. The van der Waals surface area contributed by atoms with E-state index in [1.54, 1.807) is 6.20 Å². The summed E-state index contributed by atoms with van der Waals surface area (Å²) in [4.78, 5) is 13.3. The van der Waals surface area contributed by atoms with Crippen LogP contribution in [0.4, 0.5) is 11.8 Å². The van der Waals surface area contributed by atoms with Gasteiger partial charge in [0.1, 0.15) is 5.82 Å². The molecular weight excluding hydrogens is 290 g/mol. The Morgan fingerprint density at radius 2 is 2.17 bits per heavy atom. The number of rotatable bonds is 3. The molecule has 7 nitrogen and oxygen atoms in total. The average molecular weight is 307 g/mol. The minimum atomic E-state index is 0.447. The van der Waals surface area contributed by atoms with Crippen LogP contribution in [0.1, 0.15) is 16.8 Å². The zero-order valence-electron chi connectivity index (χ0n) is 12.8. The molecule has 0 aliphatic heterocycles. The van der Waals surface area contributed by atoms with Gasteiger partial charge in [0, 0.05) is 31.5 Å². The number of hydrogen-bond acceptors (Lipinski definition) is 6. The van der Waals surface area contributed by atoms with Crippen molar-refractivity contribution in [1.29, 1.82) is 0 Å². The van der Waals surface area contributed by atoms with E-state index in [4.69, 9.17) is 10.7 Å². The van der Waals surface area contributed by atoms with Gasteiger partial charge in [-0.3, -0.25) is 4.68 Å². The van der Waals surface area contributed by atoms with Crippen molar-refractivity contribution in [2.24, 2.45) is 12.8 Å². The van der Waals surface area contributed by atoms with Gasteiger partial charge in [0.05, 0.1) is 17.1 Å². The number of nitrogens with one attached hydrogen (secondary N) is 1. The number of nitrogens with two attached hydrogens (primary N) is 1.